The highest BCUT2D eigenvalue weighted by atomic mass is 16.5. The molecule has 1 fully saturated rings. The number of nitrogens with zero attached hydrogens (tertiary/aromatic N) is 1. The van der Waals surface area contributed by atoms with Crippen molar-refractivity contribution in [3.05, 3.63) is 0 Å². The van der Waals surface area contributed by atoms with E-state index in [1.165, 1.54) is 0 Å². The van der Waals surface area contributed by atoms with Crippen molar-refractivity contribution < 1.29 is 33.3 Å². The second-order valence-electron chi connectivity index (χ2n) is 6.61. The number of hydrogen-bond acceptors (Lipinski definition) is 8. The van der Waals surface area contributed by atoms with Gasteiger partial charge < -0.3 is 39.6 Å². The lowest BCUT2D eigenvalue weighted by Crippen LogP contribution is -2.41. The molecule has 1 heterocycles. The normalized spacial score (nSPS) is 16.3. The molecule has 3 N–H and O–H groups in total. The van der Waals surface area contributed by atoms with Gasteiger partial charge in [-0.1, -0.05) is 0 Å². The molecule has 170 valence electrons. The monoisotopic (exact) mass is 419 g/mol. The van der Waals surface area contributed by atoms with Crippen molar-refractivity contribution >= 4 is 11.8 Å². The van der Waals surface area contributed by atoms with Crippen molar-refractivity contribution in [2.45, 2.75) is 25.3 Å². The third-order valence-corrected chi connectivity index (χ3v) is 4.35. The second-order valence-corrected chi connectivity index (χ2v) is 6.61. The largest absolute Gasteiger partial charge is 0.382 e. The van der Waals surface area contributed by atoms with E-state index < -0.39 is 0 Å². The van der Waals surface area contributed by atoms with Gasteiger partial charge in [0.2, 0.25) is 11.8 Å². The summed E-state index contributed by atoms with van der Waals surface area (Å²) >= 11 is 0. The van der Waals surface area contributed by atoms with E-state index in [0.29, 0.717) is 78.9 Å². The molecule has 10 heteroatoms. The molecular weight excluding hydrogens is 382 g/mol. The van der Waals surface area contributed by atoms with Crippen LogP contribution in [0.1, 0.15) is 19.3 Å². The van der Waals surface area contributed by atoms with Crippen molar-refractivity contribution in [3.8, 4) is 0 Å². The lowest BCUT2D eigenvalue weighted by molar-refractivity contribution is -0.138. The summed E-state index contributed by atoms with van der Waals surface area (Å²) in [5.41, 5.74) is 5.32. The van der Waals surface area contributed by atoms with Crippen LogP contribution in [0.5, 0.6) is 0 Å². The van der Waals surface area contributed by atoms with Gasteiger partial charge in [0.15, 0.2) is 0 Å². The van der Waals surface area contributed by atoms with Crippen LogP contribution in [0.4, 0.5) is 0 Å². The molecule has 10 nitrogen and oxygen atoms in total. The first-order valence-electron chi connectivity index (χ1n) is 10.2. The van der Waals surface area contributed by atoms with Gasteiger partial charge in [-0.25, -0.2) is 0 Å². The Bertz CT molecular complexity index is 440. The van der Waals surface area contributed by atoms with Crippen molar-refractivity contribution in [1.82, 2.24) is 10.2 Å². The first-order valence-corrected chi connectivity index (χ1v) is 10.2. The van der Waals surface area contributed by atoms with Crippen LogP contribution in [-0.2, 0) is 33.3 Å². The SMILES string of the molecule is COCCOCCOCC(=O)N1CCCC1CC(=O)NCCOCCOCCN. The minimum Gasteiger partial charge on any atom is -0.382 e. The highest BCUT2D eigenvalue weighted by Gasteiger charge is 2.30. The van der Waals surface area contributed by atoms with Gasteiger partial charge in [0.1, 0.15) is 6.61 Å². The number of nitrogens with one attached hydrogen (secondary N) is 1. The maximum Gasteiger partial charge on any atom is 0.248 e. The predicted molar refractivity (Wildman–Crippen MR) is 107 cm³/mol. The Balaban J connectivity index is 2.10. The van der Waals surface area contributed by atoms with Crippen LogP contribution in [0.15, 0.2) is 0 Å². The lowest BCUT2D eigenvalue weighted by atomic mass is 10.1. The zero-order valence-electron chi connectivity index (χ0n) is 17.6. The number of likely N-dealkylation sites (tertiary alicyclic amines) is 1. The zero-order chi connectivity index (χ0) is 21.2. The minimum absolute atomic E-state index is 0.00578. The number of amides is 2. The zero-order valence-corrected chi connectivity index (χ0v) is 17.6. The molecule has 0 aliphatic carbocycles. The summed E-state index contributed by atoms with van der Waals surface area (Å²) in [5, 5.41) is 2.83. The average molecular weight is 420 g/mol. The average Bonchev–Trinajstić information content (AvgIpc) is 3.17. The Morgan fingerprint density at radius 3 is 2.34 bits per heavy atom. The van der Waals surface area contributed by atoms with E-state index in [2.05, 4.69) is 5.32 Å². The number of methoxy groups -OCH3 is 1. The molecule has 1 atom stereocenters. The number of nitrogens with two attached hydrogens (primary N) is 1. The molecule has 0 aromatic heterocycles. The maximum absolute atomic E-state index is 12.3. The highest BCUT2D eigenvalue weighted by molar-refractivity contribution is 5.80. The van der Waals surface area contributed by atoms with Gasteiger partial charge in [-0.15, -0.1) is 0 Å². The maximum atomic E-state index is 12.3. The Hall–Kier alpha value is -1.30. The molecule has 1 aliphatic rings. The predicted octanol–water partition coefficient (Wildman–Crippen LogP) is -0.845. The first kappa shape index (κ1) is 25.7. The third-order valence-electron chi connectivity index (χ3n) is 4.35. The number of hydrogen-bond donors (Lipinski definition) is 2. The minimum atomic E-state index is -0.0852. The Morgan fingerprint density at radius 1 is 0.966 bits per heavy atom. The quantitative estimate of drug-likeness (QED) is 0.276. The second kappa shape index (κ2) is 17.5. The number of carbonyl (C=O) groups excluding carboxylic acids is 2. The van der Waals surface area contributed by atoms with Crippen LogP contribution >= 0.6 is 0 Å². The van der Waals surface area contributed by atoms with Crippen LogP contribution in [-0.4, -0.2) is 109 Å². The van der Waals surface area contributed by atoms with Crippen molar-refractivity contribution in [1.29, 1.82) is 0 Å². The number of rotatable bonds is 18. The Kier molecular flexibility index (Phi) is 15.6. The van der Waals surface area contributed by atoms with Crippen LogP contribution in [0.25, 0.3) is 0 Å². The van der Waals surface area contributed by atoms with Gasteiger partial charge in [0.25, 0.3) is 0 Å². The van der Waals surface area contributed by atoms with E-state index in [-0.39, 0.29) is 24.5 Å². The molecule has 29 heavy (non-hydrogen) atoms. The fourth-order valence-corrected chi connectivity index (χ4v) is 2.93. The van der Waals surface area contributed by atoms with Gasteiger partial charge in [0, 0.05) is 39.2 Å². The fraction of sp³-hybridized carbons (Fsp3) is 0.895. The molecule has 0 radical (unpaired) electrons. The molecule has 1 unspecified atom stereocenters. The molecule has 1 rings (SSSR count). The summed E-state index contributed by atoms with van der Waals surface area (Å²) in [6, 6.07) is -0.0744. The summed E-state index contributed by atoms with van der Waals surface area (Å²) in [5.74, 6) is -0.164. The van der Waals surface area contributed by atoms with Crippen LogP contribution < -0.4 is 11.1 Å². The van der Waals surface area contributed by atoms with Gasteiger partial charge in [-0.05, 0) is 12.8 Å². The summed E-state index contributed by atoms with van der Waals surface area (Å²) in [4.78, 5) is 26.2. The molecule has 0 bridgehead atoms. The van der Waals surface area contributed by atoms with Gasteiger partial charge >= 0.3 is 0 Å². The van der Waals surface area contributed by atoms with Crippen LogP contribution in [0.2, 0.25) is 0 Å². The summed E-state index contributed by atoms with van der Waals surface area (Å²) in [6.07, 6.45) is 2.02. The van der Waals surface area contributed by atoms with Crippen molar-refractivity contribution in [2.75, 3.05) is 86.2 Å². The third kappa shape index (κ3) is 12.8. The standard InChI is InChI=1S/C19H37N3O7/c1-25-9-10-28-13-14-29-16-19(24)22-6-2-3-17(22)15-18(23)21-5-8-27-12-11-26-7-4-20/h17H,2-16,20H2,1H3,(H,21,23). The van der Waals surface area contributed by atoms with Gasteiger partial charge in [-0.3, -0.25) is 9.59 Å². The highest BCUT2D eigenvalue weighted by Crippen LogP contribution is 2.20. The van der Waals surface area contributed by atoms with E-state index in [1.807, 2.05) is 0 Å². The molecular formula is C19H37N3O7. The fourth-order valence-electron chi connectivity index (χ4n) is 2.93. The summed E-state index contributed by atoms with van der Waals surface area (Å²) in [7, 11) is 1.61. The molecule has 0 saturated carbocycles. The Morgan fingerprint density at radius 2 is 1.62 bits per heavy atom. The summed E-state index contributed by atoms with van der Waals surface area (Å²) in [6.45, 7) is 5.31. The molecule has 0 spiro atoms. The Labute approximate surface area is 173 Å². The van der Waals surface area contributed by atoms with Crippen LogP contribution in [0.3, 0.4) is 0 Å². The van der Waals surface area contributed by atoms with E-state index in [4.69, 9.17) is 29.4 Å². The number of ether oxygens (including phenoxy) is 5. The van der Waals surface area contributed by atoms with Gasteiger partial charge in [-0.2, -0.15) is 0 Å². The topological polar surface area (TPSA) is 122 Å². The molecule has 0 aromatic carbocycles. The molecule has 1 aliphatic heterocycles. The van der Waals surface area contributed by atoms with E-state index in [0.717, 1.165) is 12.8 Å². The lowest BCUT2D eigenvalue weighted by Gasteiger charge is -2.24. The summed E-state index contributed by atoms with van der Waals surface area (Å²) < 4.78 is 26.1. The molecule has 0 aromatic rings. The van der Waals surface area contributed by atoms with E-state index in [9.17, 15) is 9.59 Å². The van der Waals surface area contributed by atoms with Crippen LogP contribution in [0, 0.1) is 0 Å². The van der Waals surface area contributed by atoms with E-state index >= 15 is 0 Å². The smallest absolute Gasteiger partial charge is 0.248 e. The molecule has 1 saturated heterocycles. The van der Waals surface area contributed by atoms with Crippen molar-refractivity contribution in [3.63, 3.8) is 0 Å². The molecule has 2 amide bonds. The van der Waals surface area contributed by atoms with E-state index in [1.54, 1.807) is 12.0 Å². The first-order chi connectivity index (χ1) is 14.2. The number of carbonyl (C=O) groups is 2. The van der Waals surface area contributed by atoms with Gasteiger partial charge in [0.05, 0.1) is 52.9 Å². The van der Waals surface area contributed by atoms with Crippen molar-refractivity contribution in [2.24, 2.45) is 5.73 Å².